The van der Waals surface area contributed by atoms with E-state index in [1.807, 2.05) is 16.8 Å². The molecular formula is C20H22N4. The van der Waals surface area contributed by atoms with Gasteiger partial charge in [-0.15, -0.1) is 0 Å². The summed E-state index contributed by atoms with van der Waals surface area (Å²) in [6.45, 7) is 4.25. The van der Waals surface area contributed by atoms with Gasteiger partial charge in [0.1, 0.15) is 5.69 Å². The van der Waals surface area contributed by atoms with E-state index < -0.39 is 0 Å². The van der Waals surface area contributed by atoms with Gasteiger partial charge in [0.25, 0.3) is 0 Å². The van der Waals surface area contributed by atoms with E-state index in [2.05, 4.69) is 71.6 Å². The molecule has 0 spiro atoms. The maximum atomic E-state index is 4.91. The van der Waals surface area contributed by atoms with E-state index in [-0.39, 0.29) is 0 Å². The molecule has 0 atom stereocenters. The average molecular weight is 318 g/mol. The molecule has 1 aromatic heterocycles. The fourth-order valence-corrected chi connectivity index (χ4v) is 3.16. The lowest BCUT2D eigenvalue weighted by Gasteiger charge is -2.33. The molecule has 0 radical (unpaired) electrons. The van der Waals surface area contributed by atoms with Gasteiger partial charge in [0.15, 0.2) is 0 Å². The second kappa shape index (κ2) is 6.49. The van der Waals surface area contributed by atoms with Crippen molar-refractivity contribution in [3.05, 3.63) is 66.9 Å². The maximum absolute atomic E-state index is 4.91. The Kier molecular flexibility index (Phi) is 4.05. The van der Waals surface area contributed by atoms with Crippen LogP contribution < -0.4 is 4.90 Å². The van der Waals surface area contributed by atoms with Crippen molar-refractivity contribution in [2.24, 2.45) is 0 Å². The molecule has 0 saturated carbocycles. The number of aromatic nitrogens is 2. The molecule has 24 heavy (non-hydrogen) atoms. The third-order valence-corrected chi connectivity index (χ3v) is 4.61. The Balaban J connectivity index is 1.77. The van der Waals surface area contributed by atoms with Crippen molar-refractivity contribution in [3.8, 4) is 16.9 Å². The number of hydrogen-bond donors (Lipinski definition) is 0. The summed E-state index contributed by atoms with van der Waals surface area (Å²) in [6.07, 6.45) is 2.17. The first-order chi connectivity index (χ1) is 11.8. The first-order valence-corrected chi connectivity index (χ1v) is 8.45. The summed E-state index contributed by atoms with van der Waals surface area (Å²) < 4.78 is 2.00. The van der Waals surface area contributed by atoms with Gasteiger partial charge in [-0.05, 0) is 19.2 Å². The number of piperazine rings is 1. The Morgan fingerprint density at radius 1 is 0.792 bits per heavy atom. The maximum Gasteiger partial charge on any atom is 0.116 e. The predicted molar refractivity (Wildman–Crippen MR) is 98.7 cm³/mol. The largest absolute Gasteiger partial charge is 0.366 e. The van der Waals surface area contributed by atoms with Gasteiger partial charge in [-0.3, -0.25) is 0 Å². The number of likely N-dealkylation sites (N-methyl/N-ethyl adjacent to an activating group) is 1. The van der Waals surface area contributed by atoms with E-state index >= 15 is 0 Å². The number of benzene rings is 2. The minimum Gasteiger partial charge on any atom is -0.366 e. The van der Waals surface area contributed by atoms with Crippen molar-refractivity contribution in [3.63, 3.8) is 0 Å². The van der Waals surface area contributed by atoms with E-state index in [0.717, 1.165) is 37.6 Å². The van der Waals surface area contributed by atoms with Crippen molar-refractivity contribution in [2.75, 3.05) is 38.1 Å². The van der Waals surface area contributed by atoms with Crippen LogP contribution in [0, 0.1) is 0 Å². The van der Waals surface area contributed by atoms with Gasteiger partial charge in [-0.25, -0.2) is 4.68 Å². The topological polar surface area (TPSA) is 24.3 Å². The Morgan fingerprint density at radius 2 is 1.42 bits per heavy atom. The van der Waals surface area contributed by atoms with Crippen LogP contribution >= 0.6 is 0 Å². The third kappa shape index (κ3) is 2.93. The molecule has 4 nitrogen and oxygen atoms in total. The standard InChI is InChI=1S/C20H22N4/c1-22-12-14-23(15-13-22)19-16-24(18-10-6-3-7-11-18)21-20(19)17-8-4-2-5-9-17/h2-11,16H,12-15H2,1H3. The average Bonchev–Trinajstić information content (AvgIpc) is 3.09. The zero-order chi connectivity index (χ0) is 16.4. The van der Waals surface area contributed by atoms with Crippen LogP contribution in [0.3, 0.4) is 0 Å². The SMILES string of the molecule is CN1CCN(c2cn(-c3ccccc3)nc2-c2ccccc2)CC1. The van der Waals surface area contributed by atoms with Crippen LogP contribution in [0.4, 0.5) is 5.69 Å². The monoisotopic (exact) mass is 318 g/mol. The molecule has 3 aromatic rings. The molecule has 2 heterocycles. The second-order valence-corrected chi connectivity index (χ2v) is 6.30. The molecule has 1 saturated heterocycles. The molecular weight excluding hydrogens is 296 g/mol. The van der Waals surface area contributed by atoms with Crippen LogP contribution in [0.5, 0.6) is 0 Å². The van der Waals surface area contributed by atoms with Crippen LogP contribution in [0.15, 0.2) is 66.9 Å². The Hall–Kier alpha value is -2.59. The highest BCUT2D eigenvalue weighted by molar-refractivity contribution is 5.75. The summed E-state index contributed by atoms with van der Waals surface area (Å²) in [5.74, 6) is 0. The lowest BCUT2D eigenvalue weighted by atomic mass is 10.1. The van der Waals surface area contributed by atoms with E-state index in [9.17, 15) is 0 Å². The number of rotatable bonds is 3. The third-order valence-electron chi connectivity index (χ3n) is 4.61. The van der Waals surface area contributed by atoms with Gasteiger partial charge < -0.3 is 9.80 Å². The van der Waals surface area contributed by atoms with Gasteiger partial charge >= 0.3 is 0 Å². The van der Waals surface area contributed by atoms with Gasteiger partial charge in [-0.1, -0.05) is 48.5 Å². The summed E-state index contributed by atoms with van der Waals surface area (Å²) in [5.41, 5.74) is 4.54. The number of nitrogens with zero attached hydrogens (tertiary/aromatic N) is 4. The molecule has 4 heteroatoms. The zero-order valence-corrected chi connectivity index (χ0v) is 14.0. The highest BCUT2D eigenvalue weighted by Crippen LogP contribution is 2.31. The quantitative estimate of drug-likeness (QED) is 0.740. The highest BCUT2D eigenvalue weighted by atomic mass is 15.3. The summed E-state index contributed by atoms with van der Waals surface area (Å²) in [5, 5.41) is 4.91. The van der Waals surface area contributed by atoms with E-state index in [4.69, 9.17) is 5.10 Å². The minimum absolute atomic E-state index is 1.04. The Morgan fingerprint density at radius 3 is 2.08 bits per heavy atom. The van der Waals surface area contributed by atoms with Crippen molar-refractivity contribution < 1.29 is 0 Å². The molecule has 0 bridgehead atoms. The van der Waals surface area contributed by atoms with Crippen molar-refractivity contribution in [2.45, 2.75) is 0 Å². The molecule has 1 aliphatic heterocycles. The first kappa shape index (κ1) is 15.0. The molecule has 2 aromatic carbocycles. The van der Waals surface area contributed by atoms with Crippen molar-refractivity contribution >= 4 is 5.69 Å². The van der Waals surface area contributed by atoms with Crippen LogP contribution in [-0.2, 0) is 0 Å². The molecule has 0 unspecified atom stereocenters. The fourth-order valence-electron chi connectivity index (χ4n) is 3.16. The molecule has 4 rings (SSSR count). The normalized spacial score (nSPS) is 15.6. The van der Waals surface area contributed by atoms with Gasteiger partial charge in [0.2, 0.25) is 0 Å². The Labute approximate surface area is 142 Å². The van der Waals surface area contributed by atoms with Crippen molar-refractivity contribution in [1.29, 1.82) is 0 Å². The lowest BCUT2D eigenvalue weighted by molar-refractivity contribution is 0.313. The highest BCUT2D eigenvalue weighted by Gasteiger charge is 2.21. The molecule has 1 fully saturated rings. The molecule has 1 aliphatic rings. The fraction of sp³-hybridized carbons (Fsp3) is 0.250. The molecule has 0 amide bonds. The van der Waals surface area contributed by atoms with Gasteiger partial charge in [0, 0.05) is 31.7 Å². The zero-order valence-electron chi connectivity index (χ0n) is 14.0. The summed E-state index contributed by atoms with van der Waals surface area (Å²) in [7, 11) is 2.18. The predicted octanol–water partition coefficient (Wildman–Crippen LogP) is 3.29. The number of para-hydroxylation sites is 1. The summed E-state index contributed by atoms with van der Waals surface area (Å²) in [4.78, 5) is 4.83. The first-order valence-electron chi connectivity index (χ1n) is 8.45. The van der Waals surface area contributed by atoms with Gasteiger partial charge in [-0.2, -0.15) is 5.10 Å². The summed E-state index contributed by atoms with van der Waals surface area (Å²) in [6, 6.07) is 20.8. The van der Waals surface area contributed by atoms with Crippen molar-refractivity contribution in [1.82, 2.24) is 14.7 Å². The van der Waals surface area contributed by atoms with E-state index in [1.165, 1.54) is 11.3 Å². The smallest absolute Gasteiger partial charge is 0.116 e. The van der Waals surface area contributed by atoms with Crippen LogP contribution in [0.25, 0.3) is 16.9 Å². The molecule has 0 aliphatic carbocycles. The number of anilines is 1. The molecule has 122 valence electrons. The van der Waals surface area contributed by atoms with Crippen LogP contribution in [0.1, 0.15) is 0 Å². The molecule has 0 N–H and O–H groups in total. The lowest BCUT2D eigenvalue weighted by Crippen LogP contribution is -2.44. The minimum atomic E-state index is 1.04. The number of hydrogen-bond acceptors (Lipinski definition) is 3. The summed E-state index contributed by atoms with van der Waals surface area (Å²) >= 11 is 0. The second-order valence-electron chi connectivity index (χ2n) is 6.30. The van der Waals surface area contributed by atoms with E-state index in [0.29, 0.717) is 0 Å². The van der Waals surface area contributed by atoms with Crippen LogP contribution in [-0.4, -0.2) is 47.9 Å². The van der Waals surface area contributed by atoms with Crippen LogP contribution in [0.2, 0.25) is 0 Å². The van der Waals surface area contributed by atoms with Gasteiger partial charge in [0.05, 0.1) is 17.6 Å². The van der Waals surface area contributed by atoms with E-state index in [1.54, 1.807) is 0 Å². The Bertz CT molecular complexity index is 787.